The Morgan fingerprint density at radius 3 is 2.52 bits per heavy atom. The summed E-state index contributed by atoms with van der Waals surface area (Å²) >= 11 is 0. The van der Waals surface area contributed by atoms with Crippen molar-refractivity contribution in [3.05, 3.63) is 48.6 Å². The van der Waals surface area contributed by atoms with Crippen LogP contribution in [0.5, 0.6) is 0 Å². The molecule has 0 aliphatic heterocycles. The van der Waals surface area contributed by atoms with Gasteiger partial charge in [0.1, 0.15) is 12.2 Å². The summed E-state index contributed by atoms with van der Waals surface area (Å²) in [5, 5.41) is 2.64. The highest BCUT2D eigenvalue weighted by atomic mass is 16.6. The maximum absolute atomic E-state index is 12.0. The SMILES string of the molecule is C=CCOC[C@H](CC(=O)OC(C)(C)C)NC(=O)OCc1ccccc1. The van der Waals surface area contributed by atoms with Gasteiger partial charge in [0.25, 0.3) is 0 Å². The predicted molar refractivity (Wildman–Crippen MR) is 95.0 cm³/mol. The summed E-state index contributed by atoms with van der Waals surface area (Å²) in [4.78, 5) is 23.9. The molecule has 0 fully saturated rings. The maximum Gasteiger partial charge on any atom is 0.407 e. The van der Waals surface area contributed by atoms with Gasteiger partial charge in [-0.1, -0.05) is 36.4 Å². The second-order valence-corrected chi connectivity index (χ2v) is 6.52. The lowest BCUT2D eigenvalue weighted by Crippen LogP contribution is -2.41. The normalized spacial score (nSPS) is 12.1. The number of nitrogens with one attached hydrogen (secondary N) is 1. The molecule has 1 aromatic carbocycles. The zero-order valence-corrected chi connectivity index (χ0v) is 15.1. The van der Waals surface area contributed by atoms with E-state index in [4.69, 9.17) is 14.2 Å². The van der Waals surface area contributed by atoms with Crippen molar-refractivity contribution in [3.8, 4) is 0 Å². The lowest BCUT2D eigenvalue weighted by atomic mass is 10.2. The fourth-order valence-electron chi connectivity index (χ4n) is 1.96. The number of esters is 1. The molecule has 1 rings (SSSR count). The molecule has 0 heterocycles. The van der Waals surface area contributed by atoms with Gasteiger partial charge >= 0.3 is 12.1 Å². The Morgan fingerprint density at radius 2 is 1.92 bits per heavy atom. The molecule has 0 saturated heterocycles. The maximum atomic E-state index is 12.0. The van der Waals surface area contributed by atoms with Gasteiger partial charge in [-0.3, -0.25) is 4.79 Å². The van der Waals surface area contributed by atoms with Crippen molar-refractivity contribution >= 4 is 12.1 Å². The Labute approximate surface area is 149 Å². The van der Waals surface area contributed by atoms with E-state index in [9.17, 15) is 9.59 Å². The molecule has 0 spiro atoms. The van der Waals surface area contributed by atoms with Crippen molar-refractivity contribution in [1.29, 1.82) is 0 Å². The van der Waals surface area contributed by atoms with E-state index < -0.39 is 23.7 Å². The van der Waals surface area contributed by atoms with Crippen LogP contribution < -0.4 is 5.32 Å². The molecule has 0 unspecified atom stereocenters. The van der Waals surface area contributed by atoms with E-state index in [0.29, 0.717) is 6.61 Å². The third kappa shape index (κ3) is 10.2. The average molecular weight is 349 g/mol. The molecule has 0 aliphatic rings. The van der Waals surface area contributed by atoms with Crippen LogP contribution in [-0.4, -0.2) is 36.9 Å². The van der Waals surface area contributed by atoms with Crippen LogP contribution in [-0.2, 0) is 25.6 Å². The fraction of sp³-hybridized carbons (Fsp3) is 0.474. The van der Waals surface area contributed by atoms with Gasteiger partial charge in [-0.2, -0.15) is 0 Å². The van der Waals surface area contributed by atoms with Crippen molar-refractivity contribution in [2.24, 2.45) is 0 Å². The van der Waals surface area contributed by atoms with E-state index in [-0.39, 0.29) is 19.6 Å². The lowest BCUT2D eigenvalue weighted by molar-refractivity contribution is -0.155. The minimum atomic E-state index is -0.611. The molecule has 138 valence electrons. The zero-order chi connectivity index (χ0) is 18.7. The summed E-state index contributed by atoms with van der Waals surface area (Å²) in [6.45, 7) is 9.56. The van der Waals surface area contributed by atoms with Gasteiger partial charge in [-0.25, -0.2) is 4.79 Å². The molecule has 1 atom stereocenters. The minimum Gasteiger partial charge on any atom is -0.460 e. The van der Waals surface area contributed by atoms with Gasteiger partial charge in [0.05, 0.1) is 25.7 Å². The first-order valence-corrected chi connectivity index (χ1v) is 8.18. The fourth-order valence-corrected chi connectivity index (χ4v) is 1.96. The monoisotopic (exact) mass is 349 g/mol. The highest BCUT2D eigenvalue weighted by molar-refractivity contribution is 5.73. The van der Waals surface area contributed by atoms with E-state index >= 15 is 0 Å². The Hall–Kier alpha value is -2.34. The number of rotatable bonds is 9. The highest BCUT2D eigenvalue weighted by Crippen LogP contribution is 2.10. The van der Waals surface area contributed by atoms with Crippen LogP contribution in [0.1, 0.15) is 32.8 Å². The van der Waals surface area contributed by atoms with Crippen LogP contribution >= 0.6 is 0 Å². The molecule has 0 aromatic heterocycles. The van der Waals surface area contributed by atoms with Crippen LogP contribution in [0.3, 0.4) is 0 Å². The lowest BCUT2D eigenvalue weighted by Gasteiger charge is -2.22. The zero-order valence-electron chi connectivity index (χ0n) is 15.1. The van der Waals surface area contributed by atoms with Crippen molar-refractivity contribution in [3.63, 3.8) is 0 Å². The Kier molecular flexibility index (Phi) is 8.70. The van der Waals surface area contributed by atoms with Crippen molar-refractivity contribution in [1.82, 2.24) is 5.32 Å². The number of ether oxygens (including phenoxy) is 3. The van der Waals surface area contributed by atoms with Crippen LogP contribution in [0.15, 0.2) is 43.0 Å². The molecule has 25 heavy (non-hydrogen) atoms. The first-order valence-electron chi connectivity index (χ1n) is 8.18. The van der Waals surface area contributed by atoms with Gasteiger partial charge in [0.15, 0.2) is 0 Å². The Morgan fingerprint density at radius 1 is 1.24 bits per heavy atom. The quantitative estimate of drug-likeness (QED) is 0.421. The number of amides is 1. The first kappa shape index (κ1) is 20.7. The van der Waals surface area contributed by atoms with E-state index in [1.807, 2.05) is 30.3 Å². The summed E-state index contributed by atoms with van der Waals surface area (Å²) in [5.41, 5.74) is 0.293. The summed E-state index contributed by atoms with van der Waals surface area (Å²) < 4.78 is 15.8. The largest absolute Gasteiger partial charge is 0.460 e. The second kappa shape index (κ2) is 10.5. The molecule has 1 aromatic rings. The summed E-state index contributed by atoms with van der Waals surface area (Å²) in [6, 6.07) is 8.79. The van der Waals surface area contributed by atoms with E-state index in [1.54, 1.807) is 26.8 Å². The predicted octanol–water partition coefficient (Wildman–Crippen LogP) is 3.22. The van der Waals surface area contributed by atoms with E-state index in [0.717, 1.165) is 5.56 Å². The number of hydrogen-bond acceptors (Lipinski definition) is 5. The van der Waals surface area contributed by atoms with E-state index in [1.165, 1.54) is 0 Å². The average Bonchev–Trinajstić information content (AvgIpc) is 2.52. The van der Waals surface area contributed by atoms with Gasteiger partial charge in [0, 0.05) is 0 Å². The molecule has 6 heteroatoms. The van der Waals surface area contributed by atoms with Crippen LogP contribution in [0, 0.1) is 0 Å². The third-order valence-electron chi connectivity index (χ3n) is 2.92. The number of carbonyl (C=O) groups is 2. The second-order valence-electron chi connectivity index (χ2n) is 6.52. The van der Waals surface area contributed by atoms with Crippen LogP contribution in [0.2, 0.25) is 0 Å². The molecular formula is C19H27NO5. The van der Waals surface area contributed by atoms with Crippen molar-refractivity contribution < 1.29 is 23.8 Å². The van der Waals surface area contributed by atoms with E-state index in [2.05, 4.69) is 11.9 Å². The summed E-state index contributed by atoms with van der Waals surface area (Å²) in [7, 11) is 0. The topological polar surface area (TPSA) is 73.9 Å². The number of benzene rings is 1. The third-order valence-corrected chi connectivity index (χ3v) is 2.92. The first-order chi connectivity index (χ1) is 11.8. The Balaban J connectivity index is 2.51. The van der Waals surface area contributed by atoms with Crippen molar-refractivity contribution in [2.75, 3.05) is 13.2 Å². The molecule has 1 amide bonds. The minimum absolute atomic E-state index is 0.00511. The molecule has 0 bridgehead atoms. The number of hydrogen-bond donors (Lipinski definition) is 1. The molecule has 6 nitrogen and oxygen atoms in total. The smallest absolute Gasteiger partial charge is 0.407 e. The van der Waals surface area contributed by atoms with Gasteiger partial charge < -0.3 is 19.5 Å². The molecule has 1 N–H and O–H groups in total. The van der Waals surface area contributed by atoms with Gasteiger partial charge in [-0.05, 0) is 26.3 Å². The summed E-state index contributed by atoms with van der Waals surface area (Å²) in [5.74, 6) is -0.414. The molecule has 0 aliphatic carbocycles. The standard InChI is InChI=1S/C19H27NO5/c1-5-11-23-14-16(12-17(21)25-19(2,3)4)20-18(22)24-13-15-9-7-6-8-10-15/h5-10,16H,1,11-14H2,2-4H3,(H,20,22)/t16-/m0/s1. The molecule has 0 radical (unpaired) electrons. The van der Waals surface area contributed by atoms with Gasteiger partial charge in [0.2, 0.25) is 0 Å². The number of carbonyl (C=O) groups excluding carboxylic acids is 2. The highest BCUT2D eigenvalue weighted by Gasteiger charge is 2.22. The molecular weight excluding hydrogens is 322 g/mol. The van der Waals surface area contributed by atoms with Gasteiger partial charge in [-0.15, -0.1) is 6.58 Å². The van der Waals surface area contributed by atoms with Crippen LogP contribution in [0.4, 0.5) is 4.79 Å². The van der Waals surface area contributed by atoms with Crippen molar-refractivity contribution in [2.45, 2.75) is 45.4 Å². The molecule has 0 saturated carbocycles. The van der Waals surface area contributed by atoms with Crippen LogP contribution in [0.25, 0.3) is 0 Å². The summed E-state index contributed by atoms with van der Waals surface area (Å²) in [6.07, 6.45) is 0.979. The number of alkyl carbamates (subject to hydrolysis) is 1. The Bertz CT molecular complexity index is 551.